The number of carbonyl (C=O) groups excluding carboxylic acids is 1. The van der Waals surface area contributed by atoms with Gasteiger partial charge in [0, 0.05) is 6.20 Å². The minimum absolute atomic E-state index is 0.113. The predicted molar refractivity (Wildman–Crippen MR) is 97.6 cm³/mol. The molecule has 0 aliphatic rings. The van der Waals surface area contributed by atoms with Crippen LogP contribution in [0.1, 0.15) is 6.92 Å². The third-order valence-corrected chi connectivity index (χ3v) is 4.63. The molecule has 2 aromatic rings. The highest BCUT2D eigenvalue weighted by Crippen LogP contribution is 2.25. The molecule has 2 N–H and O–H groups in total. The summed E-state index contributed by atoms with van der Waals surface area (Å²) in [5, 5.41) is 11.7. The van der Waals surface area contributed by atoms with Crippen LogP contribution in [0.5, 0.6) is 0 Å². The molecule has 0 saturated carbocycles. The summed E-state index contributed by atoms with van der Waals surface area (Å²) >= 11 is 0. The maximum Gasteiger partial charge on any atom is 0.350 e. The van der Waals surface area contributed by atoms with E-state index in [9.17, 15) is 17.6 Å². The first-order valence-electron chi connectivity index (χ1n) is 7.78. The summed E-state index contributed by atoms with van der Waals surface area (Å²) in [6.07, 6.45) is 1.12. The van der Waals surface area contributed by atoms with Crippen LogP contribution in [0.4, 0.5) is 15.8 Å². The lowest BCUT2D eigenvalue weighted by Gasteiger charge is -2.12. The molecule has 9 heteroatoms. The van der Waals surface area contributed by atoms with Gasteiger partial charge in [0.2, 0.25) is 0 Å². The molecular weight excluding hydrogens is 373 g/mol. The van der Waals surface area contributed by atoms with Gasteiger partial charge in [-0.15, -0.1) is 0 Å². The SMILES string of the molecule is CCOC(=O)/C(C#N)=C\Nc1ccccc1NS(=O)(=O)c1cccc(F)c1. The van der Waals surface area contributed by atoms with Crippen molar-refractivity contribution >= 4 is 27.4 Å². The van der Waals surface area contributed by atoms with E-state index < -0.39 is 21.8 Å². The van der Waals surface area contributed by atoms with Gasteiger partial charge in [-0.3, -0.25) is 4.72 Å². The van der Waals surface area contributed by atoms with E-state index >= 15 is 0 Å². The Bertz CT molecular complexity index is 1010. The summed E-state index contributed by atoms with van der Waals surface area (Å²) in [6.45, 7) is 1.72. The van der Waals surface area contributed by atoms with Crippen LogP contribution in [0.15, 0.2) is 65.2 Å². The molecule has 0 saturated heterocycles. The maximum absolute atomic E-state index is 13.3. The molecule has 0 bridgehead atoms. The number of sulfonamides is 1. The van der Waals surface area contributed by atoms with Gasteiger partial charge < -0.3 is 10.1 Å². The first kappa shape index (κ1) is 19.9. The number of halogens is 1. The monoisotopic (exact) mass is 389 g/mol. The number of rotatable bonds is 7. The van der Waals surface area contributed by atoms with Gasteiger partial charge in [0.25, 0.3) is 10.0 Å². The second kappa shape index (κ2) is 8.82. The summed E-state index contributed by atoms with van der Waals surface area (Å²) < 4.78 is 45.3. The van der Waals surface area contributed by atoms with E-state index in [0.29, 0.717) is 0 Å². The van der Waals surface area contributed by atoms with Gasteiger partial charge in [-0.05, 0) is 37.3 Å². The average Bonchev–Trinajstić information content (AvgIpc) is 2.63. The molecule has 0 aliphatic heterocycles. The Morgan fingerprint density at radius 1 is 1.22 bits per heavy atom. The van der Waals surface area contributed by atoms with Crippen LogP contribution in [0.2, 0.25) is 0 Å². The second-order valence-corrected chi connectivity index (χ2v) is 6.83. The second-order valence-electron chi connectivity index (χ2n) is 5.14. The van der Waals surface area contributed by atoms with E-state index in [2.05, 4.69) is 10.0 Å². The van der Waals surface area contributed by atoms with Crippen molar-refractivity contribution in [2.75, 3.05) is 16.6 Å². The molecule has 0 radical (unpaired) electrons. The van der Waals surface area contributed by atoms with E-state index in [1.165, 1.54) is 18.2 Å². The fourth-order valence-corrected chi connectivity index (χ4v) is 3.14. The van der Waals surface area contributed by atoms with Crippen LogP contribution in [-0.4, -0.2) is 21.0 Å². The van der Waals surface area contributed by atoms with Crippen molar-refractivity contribution in [1.29, 1.82) is 5.26 Å². The molecule has 2 aromatic carbocycles. The highest BCUT2D eigenvalue weighted by atomic mass is 32.2. The van der Waals surface area contributed by atoms with Crippen LogP contribution < -0.4 is 10.0 Å². The molecule has 0 aromatic heterocycles. The number of ether oxygens (including phenoxy) is 1. The van der Waals surface area contributed by atoms with Crippen molar-refractivity contribution in [3.05, 3.63) is 66.1 Å². The fraction of sp³-hybridized carbons (Fsp3) is 0.111. The number of esters is 1. The van der Waals surface area contributed by atoms with Gasteiger partial charge in [0.05, 0.1) is 22.9 Å². The van der Waals surface area contributed by atoms with E-state index in [-0.39, 0.29) is 28.5 Å². The van der Waals surface area contributed by atoms with Crippen molar-refractivity contribution in [2.24, 2.45) is 0 Å². The van der Waals surface area contributed by atoms with E-state index in [1.807, 2.05) is 0 Å². The zero-order valence-electron chi connectivity index (χ0n) is 14.3. The predicted octanol–water partition coefficient (Wildman–Crippen LogP) is 3.01. The summed E-state index contributed by atoms with van der Waals surface area (Å²) in [7, 11) is -4.03. The molecule has 0 aliphatic carbocycles. The molecular formula is C18H16FN3O4S. The van der Waals surface area contributed by atoms with Crippen LogP contribution in [0.3, 0.4) is 0 Å². The van der Waals surface area contributed by atoms with Crippen molar-refractivity contribution in [1.82, 2.24) is 0 Å². The molecule has 0 atom stereocenters. The van der Waals surface area contributed by atoms with E-state index in [0.717, 1.165) is 18.3 Å². The number of nitriles is 1. The largest absolute Gasteiger partial charge is 0.462 e. The maximum atomic E-state index is 13.3. The molecule has 0 unspecified atom stereocenters. The molecule has 0 amide bonds. The zero-order chi connectivity index (χ0) is 19.9. The number of hydrogen-bond acceptors (Lipinski definition) is 6. The molecule has 140 valence electrons. The minimum atomic E-state index is -4.03. The zero-order valence-corrected chi connectivity index (χ0v) is 15.1. The normalized spacial score (nSPS) is 11.4. The number of anilines is 2. The van der Waals surface area contributed by atoms with Gasteiger partial charge in [0.15, 0.2) is 5.57 Å². The Morgan fingerprint density at radius 2 is 1.93 bits per heavy atom. The number of benzene rings is 2. The van der Waals surface area contributed by atoms with E-state index in [1.54, 1.807) is 31.2 Å². The number of para-hydroxylation sites is 2. The minimum Gasteiger partial charge on any atom is -0.462 e. The fourth-order valence-electron chi connectivity index (χ4n) is 2.03. The summed E-state index contributed by atoms with van der Waals surface area (Å²) in [4.78, 5) is 11.4. The quantitative estimate of drug-likeness (QED) is 0.428. The first-order chi connectivity index (χ1) is 12.9. The Hall–Kier alpha value is -3.38. The average molecular weight is 389 g/mol. The summed E-state index contributed by atoms with van der Waals surface area (Å²) in [5.74, 6) is -1.48. The van der Waals surface area contributed by atoms with Gasteiger partial charge in [-0.2, -0.15) is 5.26 Å². The van der Waals surface area contributed by atoms with Crippen LogP contribution >= 0.6 is 0 Å². The lowest BCUT2D eigenvalue weighted by atomic mass is 10.2. The number of nitrogens with one attached hydrogen (secondary N) is 2. The Labute approximate surface area is 156 Å². The first-order valence-corrected chi connectivity index (χ1v) is 9.27. The lowest BCUT2D eigenvalue weighted by Crippen LogP contribution is -2.14. The van der Waals surface area contributed by atoms with Crippen LogP contribution in [0, 0.1) is 17.1 Å². The third kappa shape index (κ3) is 5.29. The van der Waals surface area contributed by atoms with E-state index in [4.69, 9.17) is 10.00 Å². The Balaban J connectivity index is 2.28. The topological polar surface area (TPSA) is 108 Å². The van der Waals surface area contributed by atoms with Crippen LogP contribution in [-0.2, 0) is 19.6 Å². The van der Waals surface area contributed by atoms with Gasteiger partial charge >= 0.3 is 5.97 Å². The summed E-state index contributed by atoms with van der Waals surface area (Å²) in [5.41, 5.74) is 0.160. The third-order valence-electron chi connectivity index (χ3n) is 3.27. The number of nitrogens with zero attached hydrogens (tertiary/aromatic N) is 1. The Kier molecular flexibility index (Phi) is 6.51. The van der Waals surface area contributed by atoms with Gasteiger partial charge in [0.1, 0.15) is 11.9 Å². The van der Waals surface area contributed by atoms with Crippen LogP contribution in [0.25, 0.3) is 0 Å². The Morgan fingerprint density at radius 3 is 2.56 bits per heavy atom. The lowest BCUT2D eigenvalue weighted by molar-refractivity contribution is -0.138. The highest BCUT2D eigenvalue weighted by molar-refractivity contribution is 7.92. The van der Waals surface area contributed by atoms with Crippen molar-refractivity contribution in [2.45, 2.75) is 11.8 Å². The van der Waals surface area contributed by atoms with Gasteiger partial charge in [-0.25, -0.2) is 17.6 Å². The van der Waals surface area contributed by atoms with Crippen molar-refractivity contribution in [3.8, 4) is 6.07 Å². The molecule has 27 heavy (non-hydrogen) atoms. The smallest absolute Gasteiger partial charge is 0.350 e. The van der Waals surface area contributed by atoms with Crippen molar-refractivity contribution < 1.29 is 22.3 Å². The highest BCUT2D eigenvalue weighted by Gasteiger charge is 2.17. The number of hydrogen-bond donors (Lipinski definition) is 2. The van der Waals surface area contributed by atoms with Gasteiger partial charge in [-0.1, -0.05) is 18.2 Å². The molecule has 0 fully saturated rings. The van der Waals surface area contributed by atoms with Crippen molar-refractivity contribution in [3.63, 3.8) is 0 Å². The summed E-state index contributed by atoms with van der Waals surface area (Å²) in [6, 6.07) is 12.5. The molecule has 0 spiro atoms. The molecule has 7 nitrogen and oxygen atoms in total. The molecule has 2 rings (SSSR count). The molecule has 0 heterocycles. The number of carbonyl (C=O) groups is 1. The standard InChI is InChI=1S/C18H16FN3O4S/c1-2-26-18(23)13(11-20)12-21-16-8-3-4-9-17(16)22-27(24,25)15-7-5-6-14(19)10-15/h3-10,12,21-22H,2H2,1H3/b13-12-.